The summed E-state index contributed by atoms with van der Waals surface area (Å²) in [7, 11) is 0. The summed E-state index contributed by atoms with van der Waals surface area (Å²) in [6, 6.07) is 3.49. The van der Waals surface area contributed by atoms with Crippen LogP contribution in [0.3, 0.4) is 0 Å². The molecule has 21 heavy (non-hydrogen) atoms. The van der Waals surface area contributed by atoms with Gasteiger partial charge in [-0.05, 0) is 24.6 Å². The Morgan fingerprint density at radius 3 is 2.10 bits per heavy atom. The zero-order chi connectivity index (χ0) is 15.4. The summed E-state index contributed by atoms with van der Waals surface area (Å²) in [5.41, 5.74) is 0.389. The van der Waals surface area contributed by atoms with Crippen molar-refractivity contribution in [1.82, 2.24) is 9.80 Å². The number of rotatable bonds is 5. The van der Waals surface area contributed by atoms with E-state index in [0.29, 0.717) is 18.7 Å². The number of piperazine rings is 1. The largest absolute Gasteiger partial charge is 0.392 e. The van der Waals surface area contributed by atoms with E-state index in [4.69, 9.17) is 0 Å². The van der Waals surface area contributed by atoms with Gasteiger partial charge in [-0.25, -0.2) is 8.78 Å². The maximum atomic E-state index is 13.2. The molecule has 1 aliphatic rings. The van der Waals surface area contributed by atoms with Crippen LogP contribution in [0.4, 0.5) is 8.78 Å². The van der Waals surface area contributed by atoms with Gasteiger partial charge in [0.05, 0.1) is 12.2 Å². The third kappa shape index (κ3) is 4.71. The van der Waals surface area contributed by atoms with E-state index in [9.17, 15) is 19.0 Å². The van der Waals surface area contributed by atoms with E-state index in [-0.39, 0.29) is 6.10 Å². The van der Waals surface area contributed by atoms with Crippen molar-refractivity contribution >= 4 is 0 Å². The molecule has 2 N–H and O–H groups in total. The second-order valence-electron chi connectivity index (χ2n) is 5.64. The van der Waals surface area contributed by atoms with Crippen molar-refractivity contribution < 1.29 is 19.0 Å². The summed E-state index contributed by atoms with van der Waals surface area (Å²) in [6.45, 7) is 6.04. The van der Waals surface area contributed by atoms with Crippen LogP contribution in [-0.4, -0.2) is 65.4 Å². The van der Waals surface area contributed by atoms with Crippen LogP contribution in [0.5, 0.6) is 0 Å². The monoisotopic (exact) mass is 300 g/mol. The van der Waals surface area contributed by atoms with Gasteiger partial charge in [0.1, 0.15) is 0 Å². The highest BCUT2D eigenvalue weighted by Gasteiger charge is 2.21. The first-order valence-corrected chi connectivity index (χ1v) is 7.21. The highest BCUT2D eigenvalue weighted by Crippen LogP contribution is 2.18. The highest BCUT2D eigenvalue weighted by molar-refractivity contribution is 5.20. The number of nitrogens with zero attached hydrogens (tertiary/aromatic N) is 2. The summed E-state index contributed by atoms with van der Waals surface area (Å²) in [5.74, 6) is -1.84. The maximum Gasteiger partial charge on any atom is 0.159 e. The van der Waals surface area contributed by atoms with E-state index in [1.807, 2.05) is 0 Å². The van der Waals surface area contributed by atoms with Crippen LogP contribution in [0.25, 0.3) is 0 Å². The predicted molar refractivity (Wildman–Crippen MR) is 75.9 cm³/mol. The molecule has 0 saturated carbocycles. The molecule has 0 bridgehead atoms. The smallest absolute Gasteiger partial charge is 0.159 e. The molecular formula is C15H22F2N2O2. The van der Waals surface area contributed by atoms with Crippen molar-refractivity contribution in [2.45, 2.75) is 19.1 Å². The topological polar surface area (TPSA) is 46.9 Å². The first kappa shape index (κ1) is 16.3. The summed E-state index contributed by atoms with van der Waals surface area (Å²) in [6.07, 6.45) is -1.17. The van der Waals surface area contributed by atoms with E-state index >= 15 is 0 Å². The van der Waals surface area contributed by atoms with Crippen LogP contribution >= 0.6 is 0 Å². The Morgan fingerprint density at radius 2 is 1.57 bits per heavy atom. The van der Waals surface area contributed by atoms with Crippen molar-refractivity contribution in [2.24, 2.45) is 0 Å². The Hall–Kier alpha value is -1.08. The van der Waals surface area contributed by atoms with E-state index in [2.05, 4.69) is 9.80 Å². The number of benzene rings is 1. The third-order valence-corrected chi connectivity index (χ3v) is 3.75. The summed E-state index contributed by atoms with van der Waals surface area (Å²) in [5, 5.41) is 19.5. The fourth-order valence-electron chi connectivity index (χ4n) is 2.60. The number of aliphatic hydroxyl groups excluding tert-OH is 2. The molecule has 6 heteroatoms. The van der Waals surface area contributed by atoms with Crippen molar-refractivity contribution in [3.63, 3.8) is 0 Å². The van der Waals surface area contributed by atoms with Gasteiger partial charge in [0.15, 0.2) is 11.6 Å². The Balaban J connectivity index is 1.84. The molecule has 1 fully saturated rings. The van der Waals surface area contributed by atoms with E-state index in [1.165, 1.54) is 6.07 Å². The predicted octanol–water partition coefficient (Wildman–Crippen LogP) is 0.997. The summed E-state index contributed by atoms with van der Waals surface area (Å²) >= 11 is 0. The van der Waals surface area contributed by atoms with Gasteiger partial charge in [-0.2, -0.15) is 0 Å². The number of halogens is 2. The second-order valence-corrected chi connectivity index (χ2v) is 5.64. The molecule has 4 nitrogen and oxygen atoms in total. The minimum Gasteiger partial charge on any atom is -0.392 e. The molecule has 0 unspecified atom stereocenters. The van der Waals surface area contributed by atoms with Gasteiger partial charge in [0.25, 0.3) is 0 Å². The molecule has 0 amide bonds. The number of hydrogen-bond donors (Lipinski definition) is 2. The first-order chi connectivity index (χ1) is 9.95. The number of β-amino-alcohol motifs (C(OH)–C–C–N with tert-alkyl or cyclic N) is 2. The molecule has 1 saturated heterocycles. The lowest BCUT2D eigenvalue weighted by Gasteiger charge is -2.36. The Bertz CT molecular complexity index is 463. The van der Waals surface area contributed by atoms with Gasteiger partial charge in [-0.1, -0.05) is 6.07 Å². The standard InChI is InChI=1S/C15H22F2N2O2/c1-11(20)9-18-4-6-19(7-5-18)10-15(21)12-2-3-13(16)14(17)8-12/h2-3,8,11,15,20-21H,4-7,9-10H2,1H3/t11-,15-/m0/s1. The van der Waals surface area contributed by atoms with Crippen LogP contribution < -0.4 is 0 Å². The number of aliphatic hydroxyl groups is 2. The molecule has 0 radical (unpaired) electrons. The average Bonchev–Trinajstić information content (AvgIpc) is 2.43. The van der Waals surface area contributed by atoms with Crippen molar-refractivity contribution in [1.29, 1.82) is 0 Å². The van der Waals surface area contributed by atoms with Crippen LogP contribution in [0, 0.1) is 11.6 Å². The summed E-state index contributed by atoms with van der Waals surface area (Å²) in [4.78, 5) is 4.26. The van der Waals surface area contributed by atoms with Gasteiger partial charge in [-0.15, -0.1) is 0 Å². The van der Waals surface area contributed by atoms with Crippen molar-refractivity contribution in [3.8, 4) is 0 Å². The molecule has 0 aromatic heterocycles. The van der Waals surface area contributed by atoms with Crippen LogP contribution in [0.15, 0.2) is 18.2 Å². The van der Waals surface area contributed by atoms with Gasteiger partial charge in [0.2, 0.25) is 0 Å². The highest BCUT2D eigenvalue weighted by atomic mass is 19.2. The lowest BCUT2D eigenvalue weighted by atomic mass is 10.1. The quantitative estimate of drug-likeness (QED) is 0.851. The van der Waals surface area contributed by atoms with E-state index < -0.39 is 17.7 Å². The van der Waals surface area contributed by atoms with Gasteiger partial charge < -0.3 is 10.2 Å². The SMILES string of the molecule is C[C@H](O)CN1CCN(C[C@H](O)c2ccc(F)c(F)c2)CC1. The summed E-state index contributed by atoms with van der Waals surface area (Å²) < 4.78 is 26.0. The molecule has 1 aliphatic heterocycles. The zero-order valence-electron chi connectivity index (χ0n) is 12.2. The van der Waals surface area contributed by atoms with Gasteiger partial charge >= 0.3 is 0 Å². The molecule has 1 aromatic carbocycles. The van der Waals surface area contributed by atoms with Crippen LogP contribution in [-0.2, 0) is 0 Å². The molecule has 0 aliphatic carbocycles. The lowest BCUT2D eigenvalue weighted by molar-refractivity contribution is 0.0525. The molecule has 118 valence electrons. The first-order valence-electron chi connectivity index (χ1n) is 7.21. The normalized spacial score (nSPS) is 20.4. The Kier molecular flexibility index (Phi) is 5.64. The Morgan fingerprint density at radius 1 is 1.00 bits per heavy atom. The van der Waals surface area contributed by atoms with Crippen LogP contribution in [0.1, 0.15) is 18.6 Å². The average molecular weight is 300 g/mol. The van der Waals surface area contributed by atoms with E-state index in [1.54, 1.807) is 6.92 Å². The van der Waals surface area contributed by atoms with Crippen molar-refractivity contribution in [3.05, 3.63) is 35.4 Å². The van der Waals surface area contributed by atoms with Crippen LogP contribution in [0.2, 0.25) is 0 Å². The Labute approximate surface area is 123 Å². The fourth-order valence-corrected chi connectivity index (χ4v) is 2.60. The zero-order valence-corrected chi connectivity index (χ0v) is 12.2. The lowest BCUT2D eigenvalue weighted by Crippen LogP contribution is -2.49. The van der Waals surface area contributed by atoms with Gasteiger partial charge in [0, 0.05) is 39.3 Å². The maximum absolute atomic E-state index is 13.2. The molecule has 1 heterocycles. The number of hydrogen-bond acceptors (Lipinski definition) is 4. The van der Waals surface area contributed by atoms with Gasteiger partial charge in [-0.3, -0.25) is 9.80 Å². The molecule has 1 aromatic rings. The van der Waals surface area contributed by atoms with Crippen molar-refractivity contribution in [2.75, 3.05) is 39.3 Å². The molecular weight excluding hydrogens is 278 g/mol. The minimum atomic E-state index is -0.937. The molecule has 2 atom stereocenters. The third-order valence-electron chi connectivity index (χ3n) is 3.75. The van der Waals surface area contributed by atoms with E-state index in [0.717, 1.165) is 38.3 Å². The molecule has 2 rings (SSSR count). The fraction of sp³-hybridized carbons (Fsp3) is 0.600. The minimum absolute atomic E-state index is 0.343. The second kappa shape index (κ2) is 7.26. The molecule has 0 spiro atoms.